The van der Waals surface area contributed by atoms with Gasteiger partial charge in [0.25, 0.3) is 0 Å². The van der Waals surface area contributed by atoms with Gasteiger partial charge in [-0.15, -0.1) is 0 Å². The third-order valence-corrected chi connectivity index (χ3v) is 10.4. The van der Waals surface area contributed by atoms with Gasteiger partial charge in [-0.25, -0.2) is 0 Å². The number of benzene rings is 2. The smallest absolute Gasteiger partial charge is 0.222 e. The average Bonchev–Trinajstić information content (AvgIpc) is 2.97. The van der Waals surface area contributed by atoms with Crippen molar-refractivity contribution in [2.75, 3.05) is 41.3 Å². The van der Waals surface area contributed by atoms with Gasteiger partial charge in [-0.05, 0) is 61.7 Å². The molecule has 0 saturated carbocycles. The van der Waals surface area contributed by atoms with E-state index in [-0.39, 0.29) is 13.4 Å². The predicted molar refractivity (Wildman–Crippen MR) is 166 cm³/mol. The van der Waals surface area contributed by atoms with Crippen molar-refractivity contribution < 1.29 is 43.0 Å². The maximum atomic E-state index is 12.4. The summed E-state index contributed by atoms with van der Waals surface area (Å²) in [5, 5.41) is 13.0. The summed E-state index contributed by atoms with van der Waals surface area (Å²) in [6.45, 7) is 11.4. The van der Waals surface area contributed by atoms with Crippen LogP contribution >= 0.6 is 11.6 Å². The molecule has 6 atom stereocenters. The maximum absolute atomic E-state index is 12.4. The van der Waals surface area contributed by atoms with Crippen molar-refractivity contribution in [2.45, 2.75) is 88.0 Å². The Morgan fingerprint density at radius 1 is 0.930 bits per heavy atom. The van der Waals surface area contributed by atoms with Crippen LogP contribution in [0.3, 0.4) is 0 Å². The number of ether oxygens (including phenoxy) is 8. The standard InChI is InChI=1S/C32H47ClO9Si/c1-30(36-4)31(2,37-5)42-29-28(41-30)19-26(20-39-21-38-15-16-43(6,7)8)40-32(29,34)24-11-14-27(33)23(18-24)17-22-9-12-25(35-3)13-10-22/h9-14,18,26,28-29,34H,15-17,19-21H2,1-8H3/t26-,28-,29+,30?,31?,32-/m0/s1. The zero-order chi connectivity index (χ0) is 31.5. The summed E-state index contributed by atoms with van der Waals surface area (Å²) in [5.41, 5.74) is 2.34. The van der Waals surface area contributed by atoms with E-state index in [1.54, 1.807) is 33.1 Å². The van der Waals surface area contributed by atoms with Gasteiger partial charge in [0.15, 0.2) is 0 Å². The van der Waals surface area contributed by atoms with Crippen molar-refractivity contribution in [1.29, 1.82) is 0 Å². The van der Waals surface area contributed by atoms with Crippen LogP contribution in [0, 0.1) is 0 Å². The van der Waals surface area contributed by atoms with E-state index in [1.807, 2.05) is 30.3 Å². The van der Waals surface area contributed by atoms with Crippen LogP contribution in [0.2, 0.25) is 30.7 Å². The normalized spacial score (nSPS) is 31.1. The molecule has 240 valence electrons. The van der Waals surface area contributed by atoms with Gasteiger partial charge < -0.3 is 43.0 Å². The quantitative estimate of drug-likeness (QED) is 0.168. The number of fused-ring (bicyclic) bond motifs is 1. The fourth-order valence-electron chi connectivity index (χ4n) is 5.39. The number of methoxy groups -OCH3 is 3. The molecule has 2 aromatic carbocycles. The summed E-state index contributed by atoms with van der Waals surface area (Å²) >= 11 is 6.65. The number of hydrogen-bond acceptors (Lipinski definition) is 9. The fourth-order valence-corrected chi connectivity index (χ4v) is 6.33. The third-order valence-electron chi connectivity index (χ3n) is 8.38. The van der Waals surface area contributed by atoms with Crippen LogP contribution in [0.4, 0.5) is 0 Å². The first kappa shape index (κ1) is 34.3. The highest BCUT2D eigenvalue weighted by Gasteiger charge is 2.64. The molecule has 2 fully saturated rings. The van der Waals surface area contributed by atoms with Gasteiger partial charge in [0.2, 0.25) is 17.4 Å². The van der Waals surface area contributed by atoms with Crippen LogP contribution in [0.25, 0.3) is 0 Å². The Bertz CT molecular complexity index is 1210. The lowest BCUT2D eigenvalue weighted by Gasteiger charge is -2.57. The molecule has 0 spiro atoms. The van der Waals surface area contributed by atoms with Crippen molar-refractivity contribution in [2.24, 2.45) is 0 Å². The second-order valence-corrected chi connectivity index (χ2v) is 18.7. The Morgan fingerprint density at radius 2 is 1.60 bits per heavy atom. The molecule has 9 nitrogen and oxygen atoms in total. The summed E-state index contributed by atoms with van der Waals surface area (Å²) < 4.78 is 47.8. The third kappa shape index (κ3) is 7.81. The molecule has 1 N–H and O–H groups in total. The molecule has 2 unspecified atom stereocenters. The van der Waals surface area contributed by atoms with E-state index >= 15 is 0 Å². The summed E-state index contributed by atoms with van der Waals surface area (Å²) in [7, 11) is 3.48. The number of rotatable bonds is 13. The minimum atomic E-state index is -1.91. The minimum absolute atomic E-state index is 0.138. The Morgan fingerprint density at radius 3 is 2.23 bits per heavy atom. The summed E-state index contributed by atoms with van der Waals surface area (Å²) in [6.07, 6.45) is -1.14. The monoisotopic (exact) mass is 638 g/mol. The van der Waals surface area contributed by atoms with Crippen molar-refractivity contribution in [3.63, 3.8) is 0 Å². The molecular formula is C32H47ClO9Si. The molecular weight excluding hydrogens is 592 g/mol. The van der Waals surface area contributed by atoms with Gasteiger partial charge in [0.1, 0.15) is 18.6 Å². The van der Waals surface area contributed by atoms with E-state index < -0.39 is 43.7 Å². The second kappa shape index (κ2) is 13.8. The molecule has 0 aromatic heterocycles. The summed E-state index contributed by atoms with van der Waals surface area (Å²) in [6, 6.07) is 14.2. The first-order valence-corrected chi connectivity index (χ1v) is 18.8. The fraction of sp³-hybridized carbons (Fsp3) is 0.625. The highest BCUT2D eigenvalue weighted by atomic mass is 35.5. The molecule has 43 heavy (non-hydrogen) atoms. The van der Waals surface area contributed by atoms with Crippen LogP contribution in [-0.2, 0) is 45.4 Å². The largest absolute Gasteiger partial charge is 0.497 e. The van der Waals surface area contributed by atoms with Crippen molar-refractivity contribution in [3.05, 3.63) is 64.2 Å². The van der Waals surface area contributed by atoms with Crippen LogP contribution in [-0.4, -0.2) is 84.4 Å². The lowest BCUT2D eigenvalue weighted by Crippen LogP contribution is -2.71. The van der Waals surface area contributed by atoms with Gasteiger partial charge in [-0.3, -0.25) is 0 Å². The van der Waals surface area contributed by atoms with Crippen LogP contribution < -0.4 is 4.74 Å². The topological polar surface area (TPSA) is 94.1 Å². The van der Waals surface area contributed by atoms with E-state index in [1.165, 1.54) is 14.2 Å². The van der Waals surface area contributed by atoms with Gasteiger partial charge in [0.05, 0.1) is 25.9 Å². The lowest BCUT2D eigenvalue weighted by atomic mass is 9.86. The van der Waals surface area contributed by atoms with E-state index in [2.05, 4.69) is 19.6 Å². The second-order valence-electron chi connectivity index (χ2n) is 12.7. The Balaban J connectivity index is 1.60. The molecule has 2 heterocycles. The Kier molecular flexibility index (Phi) is 11.0. The highest BCUT2D eigenvalue weighted by Crippen LogP contribution is 2.49. The molecule has 2 saturated heterocycles. The van der Waals surface area contributed by atoms with Crippen molar-refractivity contribution >= 4 is 19.7 Å². The van der Waals surface area contributed by atoms with Gasteiger partial charge in [-0.1, -0.05) is 49.4 Å². The van der Waals surface area contributed by atoms with Crippen molar-refractivity contribution in [1.82, 2.24) is 0 Å². The first-order valence-electron chi connectivity index (χ1n) is 14.7. The zero-order valence-electron chi connectivity index (χ0n) is 26.6. The Hall–Kier alpha value is -1.57. The van der Waals surface area contributed by atoms with Gasteiger partial charge in [0, 0.05) is 45.9 Å². The van der Waals surface area contributed by atoms with Crippen molar-refractivity contribution in [3.8, 4) is 5.75 Å². The molecule has 11 heteroatoms. The number of aliphatic hydroxyl groups is 1. The van der Waals surface area contributed by atoms with E-state index in [0.717, 1.165) is 22.9 Å². The first-order chi connectivity index (χ1) is 20.3. The van der Waals surface area contributed by atoms with Crippen LogP contribution in [0.1, 0.15) is 37.0 Å². The molecule has 0 radical (unpaired) electrons. The summed E-state index contributed by atoms with van der Waals surface area (Å²) in [4.78, 5) is 0. The molecule has 2 aromatic rings. The minimum Gasteiger partial charge on any atom is -0.497 e. The van der Waals surface area contributed by atoms with E-state index in [0.29, 0.717) is 30.0 Å². The lowest BCUT2D eigenvalue weighted by molar-refractivity contribution is -0.492. The van der Waals surface area contributed by atoms with Gasteiger partial charge in [-0.2, -0.15) is 0 Å². The number of hydrogen-bond donors (Lipinski definition) is 1. The molecule has 2 aliphatic rings. The number of halogens is 1. The molecule has 0 bridgehead atoms. The average molecular weight is 639 g/mol. The molecule has 2 aliphatic heterocycles. The van der Waals surface area contributed by atoms with E-state index in [4.69, 9.17) is 49.5 Å². The molecule has 0 aliphatic carbocycles. The summed E-state index contributed by atoms with van der Waals surface area (Å²) in [5.74, 6) is -3.73. The highest BCUT2D eigenvalue weighted by molar-refractivity contribution is 6.76. The predicted octanol–water partition coefficient (Wildman–Crippen LogP) is 5.71. The van der Waals surface area contributed by atoms with Gasteiger partial charge >= 0.3 is 0 Å². The van der Waals surface area contributed by atoms with Crippen LogP contribution in [0.5, 0.6) is 5.75 Å². The van der Waals surface area contributed by atoms with Crippen LogP contribution in [0.15, 0.2) is 42.5 Å². The SMILES string of the molecule is COc1ccc(Cc2cc([C@]3(O)O[C@H](COCOCC[Si](C)(C)C)C[C@@H]4OC(C)(OC)C(C)(OC)O[C@H]43)ccc2Cl)cc1. The Labute approximate surface area is 261 Å². The molecule has 4 rings (SSSR count). The zero-order valence-corrected chi connectivity index (χ0v) is 28.4. The maximum Gasteiger partial charge on any atom is 0.222 e. The molecule has 0 amide bonds. The van der Waals surface area contributed by atoms with E-state index in [9.17, 15) is 5.11 Å².